The Kier molecular flexibility index (Phi) is 1.77. The number of aryl methyl sites for hydroxylation is 1. The summed E-state index contributed by atoms with van der Waals surface area (Å²) in [6.07, 6.45) is 1.69. The lowest BCUT2D eigenvalue weighted by molar-refractivity contribution is 0.0702. The third kappa shape index (κ3) is 1.29. The van der Waals surface area contributed by atoms with Gasteiger partial charge in [-0.2, -0.15) is 0 Å². The number of hydrogen-bond donors (Lipinski definition) is 1. The summed E-state index contributed by atoms with van der Waals surface area (Å²) in [5, 5.41) is 8.76. The number of carbonyl (C=O) groups is 1. The minimum atomic E-state index is -0.887. The Hall–Kier alpha value is -1.42. The van der Waals surface area contributed by atoms with E-state index in [4.69, 9.17) is 5.11 Å². The number of thiophene rings is 1. The number of carboxylic acids is 1. The SMILES string of the molecule is Cc1ccnc2cc(C(=O)O)sc12. The van der Waals surface area contributed by atoms with Crippen molar-refractivity contribution in [2.75, 3.05) is 0 Å². The van der Waals surface area contributed by atoms with Crippen molar-refractivity contribution in [1.29, 1.82) is 0 Å². The maximum Gasteiger partial charge on any atom is 0.345 e. The maximum absolute atomic E-state index is 10.7. The number of hydrogen-bond acceptors (Lipinski definition) is 3. The van der Waals surface area contributed by atoms with E-state index in [-0.39, 0.29) is 0 Å². The van der Waals surface area contributed by atoms with E-state index >= 15 is 0 Å². The number of carboxylic acid groups (broad SMARTS) is 1. The van der Waals surface area contributed by atoms with E-state index in [0.29, 0.717) is 4.88 Å². The summed E-state index contributed by atoms with van der Waals surface area (Å²) in [4.78, 5) is 15.1. The van der Waals surface area contributed by atoms with Crippen LogP contribution in [0.25, 0.3) is 10.2 Å². The highest BCUT2D eigenvalue weighted by atomic mass is 32.1. The number of aromatic nitrogens is 1. The van der Waals surface area contributed by atoms with Crippen LogP contribution in [0.1, 0.15) is 15.2 Å². The lowest BCUT2D eigenvalue weighted by Gasteiger charge is -1.90. The molecule has 0 aliphatic heterocycles. The van der Waals surface area contributed by atoms with Crippen molar-refractivity contribution in [2.24, 2.45) is 0 Å². The predicted octanol–water partition coefficient (Wildman–Crippen LogP) is 2.30. The summed E-state index contributed by atoms with van der Waals surface area (Å²) in [6, 6.07) is 3.49. The summed E-state index contributed by atoms with van der Waals surface area (Å²) in [6.45, 7) is 1.95. The van der Waals surface area contributed by atoms with Gasteiger partial charge in [0, 0.05) is 6.20 Å². The first-order chi connectivity index (χ1) is 6.18. The molecule has 0 saturated heterocycles. The van der Waals surface area contributed by atoms with Crippen LogP contribution in [-0.2, 0) is 0 Å². The van der Waals surface area contributed by atoms with Crippen LogP contribution in [-0.4, -0.2) is 16.1 Å². The highest BCUT2D eigenvalue weighted by Crippen LogP contribution is 2.26. The average molecular weight is 193 g/mol. The fourth-order valence-corrected chi connectivity index (χ4v) is 2.09. The molecule has 0 aliphatic rings. The molecule has 4 heteroatoms. The molecule has 0 spiro atoms. The second kappa shape index (κ2) is 2.81. The molecule has 3 nitrogen and oxygen atoms in total. The molecule has 13 heavy (non-hydrogen) atoms. The van der Waals surface area contributed by atoms with E-state index in [1.807, 2.05) is 13.0 Å². The van der Waals surface area contributed by atoms with Gasteiger partial charge in [-0.15, -0.1) is 11.3 Å². The van der Waals surface area contributed by atoms with Gasteiger partial charge in [0.1, 0.15) is 4.88 Å². The van der Waals surface area contributed by atoms with Crippen LogP contribution in [0.2, 0.25) is 0 Å². The molecule has 1 N–H and O–H groups in total. The highest BCUT2D eigenvalue weighted by molar-refractivity contribution is 7.20. The molecule has 0 bridgehead atoms. The van der Waals surface area contributed by atoms with Crippen molar-refractivity contribution in [3.8, 4) is 0 Å². The zero-order valence-electron chi connectivity index (χ0n) is 6.94. The summed E-state index contributed by atoms with van der Waals surface area (Å²) < 4.78 is 0.958. The molecular formula is C9H7NO2S. The topological polar surface area (TPSA) is 50.2 Å². The zero-order chi connectivity index (χ0) is 9.42. The molecule has 2 heterocycles. The highest BCUT2D eigenvalue weighted by Gasteiger charge is 2.09. The Morgan fingerprint density at radius 2 is 2.38 bits per heavy atom. The van der Waals surface area contributed by atoms with Gasteiger partial charge < -0.3 is 5.11 Å². The molecule has 0 radical (unpaired) electrons. The first-order valence-electron chi connectivity index (χ1n) is 3.77. The predicted molar refractivity (Wildman–Crippen MR) is 51.3 cm³/mol. The molecule has 0 unspecified atom stereocenters. The number of pyridine rings is 1. The van der Waals surface area contributed by atoms with Crippen molar-refractivity contribution in [2.45, 2.75) is 6.92 Å². The second-order valence-electron chi connectivity index (χ2n) is 2.76. The molecule has 66 valence electrons. The van der Waals surface area contributed by atoms with Crippen molar-refractivity contribution in [3.05, 3.63) is 28.8 Å². The lowest BCUT2D eigenvalue weighted by atomic mass is 10.3. The van der Waals surface area contributed by atoms with Gasteiger partial charge in [-0.25, -0.2) is 4.79 Å². The lowest BCUT2D eigenvalue weighted by Crippen LogP contribution is -1.89. The van der Waals surface area contributed by atoms with E-state index in [9.17, 15) is 4.79 Å². The zero-order valence-corrected chi connectivity index (χ0v) is 7.76. The molecule has 2 aromatic heterocycles. The Bertz CT molecular complexity index is 475. The van der Waals surface area contributed by atoms with E-state index in [0.717, 1.165) is 15.8 Å². The van der Waals surface area contributed by atoms with Gasteiger partial charge in [-0.1, -0.05) is 0 Å². The molecule has 0 aliphatic carbocycles. The number of rotatable bonds is 1. The molecule has 0 aromatic carbocycles. The van der Waals surface area contributed by atoms with Crippen LogP contribution >= 0.6 is 11.3 Å². The van der Waals surface area contributed by atoms with Gasteiger partial charge >= 0.3 is 5.97 Å². The standard InChI is InChI=1S/C9H7NO2S/c1-5-2-3-10-6-4-7(9(11)12)13-8(5)6/h2-4H,1H3,(H,11,12). The number of fused-ring (bicyclic) bond motifs is 1. The Morgan fingerprint density at radius 3 is 3.00 bits per heavy atom. The second-order valence-corrected chi connectivity index (χ2v) is 3.81. The van der Waals surface area contributed by atoms with Crippen LogP contribution in [0.4, 0.5) is 0 Å². The van der Waals surface area contributed by atoms with Gasteiger partial charge in [0.05, 0.1) is 10.2 Å². The van der Waals surface area contributed by atoms with Crippen molar-refractivity contribution >= 4 is 27.5 Å². The van der Waals surface area contributed by atoms with Gasteiger partial charge in [-0.05, 0) is 24.6 Å². The van der Waals surface area contributed by atoms with E-state index in [1.54, 1.807) is 12.3 Å². The summed E-state index contributed by atoms with van der Waals surface area (Å²) >= 11 is 1.27. The molecule has 0 atom stereocenters. The Balaban J connectivity index is 2.75. The van der Waals surface area contributed by atoms with E-state index in [1.165, 1.54) is 11.3 Å². The van der Waals surface area contributed by atoms with Gasteiger partial charge in [0.15, 0.2) is 0 Å². The molecule has 2 aromatic rings. The summed E-state index contributed by atoms with van der Waals surface area (Å²) in [5.41, 5.74) is 1.84. The van der Waals surface area contributed by atoms with Crippen LogP contribution in [0.15, 0.2) is 18.3 Å². The Morgan fingerprint density at radius 1 is 1.62 bits per heavy atom. The van der Waals surface area contributed by atoms with Crippen LogP contribution in [0.3, 0.4) is 0 Å². The monoisotopic (exact) mass is 193 g/mol. The van der Waals surface area contributed by atoms with Gasteiger partial charge in [-0.3, -0.25) is 4.98 Å². The van der Waals surface area contributed by atoms with E-state index in [2.05, 4.69) is 4.98 Å². The largest absolute Gasteiger partial charge is 0.477 e. The fourth-order valence-electron chi connectivity index (χ4n) is 1.17. The van der Waals surface area contributed by atoms with E-state index < -0.39 is 5.97 Å². The van der Waals surface area contributed by atoms with Crippen LogP contribution < -0.4 is 0 Å². The van der Waals surface area contributed by atoms with Crippen molar-refractivity contribution in [1.82, 2.24) is 4.98 Å². The third-order valence-electron chi connectivity index (χ3n) is 1.82. The molecule has 0 amide bonds. The number of nitrogens with zero attached hydrogens (tertiary/aromatic N) is 1. The van der Waals surface area contributed by atoms with Crippen LogP contribution in [0.5, 0.6) is 0 Å². The van der Waals surface area contributed by atoms with Crippen molar-refractivity contribution in [3.63, 3.8) is 0 Å². The Labute approximate surface area is 78.7 Å². The minimum Gasteiger partial charge on any atom is -0.477 e. The summed E-state index contributed by atoms with van der Waals surface area (Å²) in [7, 11) is 0. The third-order valence-corrected chi connectivity index (χ3v) is 3.07. The van der Waals surface area contributed by atoms with Gasteiger partial charge in [0.2, 0.25) is 0 Å². The van der Waals surface area contributed by atoms with Gasteiger partial charge in [0.25, 0.3) is 0 Å². The van der Waals surface area contributed by atoms with Crippen molar-refractivity contribution < 1.29 is 9.90 Å². The first kappa shape index (κ1) is 8.19. The smallest absolute Gasteiger partial charge is 0.345 e. The quantitative estimate of drug-likeness (QED) is 0.756. The maximum atomic E-state index is 10.7. The fraction of sp³-hybridized carbons (Fsp3) is 0.111. The average Bonchev–Trinajstić information content (AvgIpc) is 2.49. The summed E-state index contributed by atoms with van der Waals surface area (Å²) in [5.74, 6) is -0.887. The molecular weight excluding hydrogens is 186 g/mol. The molecule has 0 fully saturated rings. The first-order valence-corrected chi connectivity index (χ1v) is 4.58. The normalized spacial score (nSPS) is 10.5. The minimum absolute atomic E-state index is 0.344. The molecule has 0 saturated carbocycles. The molecule has 2 rings (SSSR count). The number of aromatic carboxylic acids is 1. The van der Waals surface area contributed by atoms with Crippen LogP contribution in [0, 0.1) is 6.92 Å².